The van der Waals surface area contributed by atoms with E-state index in [9.17, 15) is 9.90 Å². The number of carbonyl (C=O) groups excluding carboxylic acids is 1. The highest BCUT2D eigenvalue weighted by Gasteiger charge is 2.48. The summed E-state index contributed by atoms with van der Waals surface area (Å²) in [4.78, 5) is 20.7. The van der Waals surface area contributed by atoms with Crippen LogP contribution < -0.4 is 0 Å². The molecule has 3 saturated heterocycles. The predicted octanol–water partition coefficient (Wildman–Crippen LogP) is 4.26. The second-order valence-corrected chi connectivity index (χ2v) is 15.6. The quantitative estimate of drug-likeness (QED) is 0.443. The molecule has 9 nitrogen and oxygen atoms in total. The van der Waals surface area contributed by atoms with E-state index in [4.69, 9.17) is 18.9 Å². The third-order valence-corrected chi connectivity index (χ3v) is 10.6. The third-order valence-electron chi connectivity index (χ3n) is 10.6. The molecule has 3 aliphatic rings. The number of methoxy groups -OCH3 is 1. The summed E-state index contributed by atoms with van der Waals surface area (Å²) in [5.41, 5.74) is -1.39. The number of likely N-dealkylation sites (N-methyl/N-ethyl adjacent to an activating group) is 2. The molecule has 3 aliphatic heterocycles. The number of carbonyl (C=O) groups is 1. The molecule has 9 heteroatoms. The van der Waals surface area contributed by atoms with Gasteiger partial charge in [0.05, 0.1) is 23.2 Å². The highest BCUT2D eigenvalue weighted by Crippen LogP contribution is 2.40. The van der Waals surface area contributed by atoms with E-state index in [1.165, 1.54) is 6.42 Å². The van der Waals surface area contributed by atoms with Gasteiger partial charge in [-0.25, -0.2) is 0 Å². The van der Waals surface area contributed by atoms with Gasteiger partial charge in [0.25, 0.3) is 0 Å². The number of hydrogen-bond acceptors (Lipinski definition) is 9. The van der Waals surface area contributed by atoms with Gasteiger partial charge in [-0.05, 0) is 119 Å². The Labute approximate surface area is 262 Å². The Balaban J connectivity index is 1.93. The Kier molecular flexibility index (Phi) is 12.9. The maximum Gasteiger partial charge on any atom is 0.311 e. The molecular formula is C34H65N3O6. The molecule has 0 aromatic rings. The van der Waals surface area contributed by atoms with Crippen molar-refractivity contribution in [3.05, 3.63) is 0 Å². The summed E-state index contributed by atoms with van der Waals surface area (Å²) in [6.07, 6.45) is 2.31. The zero-order valence-electron chi connectivity index (χ0n) is 29.5. The second kappa shape index (κ2) is 15.2. The van der Waals surface area contributed by atoms with Crippen molar-refractivity contribution >= 4 is 5.97 Å². The Bertz CT molecular complexity index is 886. The summed E-state index contributed by atoms with van der Waals surface area (Å²) in [5, 5.41) is 11.3. The Morgan fingerprint density at radius 2 is 1.77 bits per heavy atom. The molecule has 10 atom stereocenters. The van der Waals surface area contributed by atoms with Gasteiger partial charge < -0.3 is 33.9 Å². The smallest absolute Gasteiger partial charge is 0.311 e. The first-order valence-electron chi connectivity index (χ1n) is 16.8. The van der Waals surface area contributed by atoms with Crippen molar-refractivity contribution in [3.8, 4) is 0 Å². The van der Waals surface area contributed by atoms with Crippen LogP contribution in [0, 0.1) is 23.2 Å². The molecule has 43 heavy (non-hydrogen) atoms. The van der Waals surface area contributed by atoms with Crippen molar-refractivity contribution in [1.29, 1.82) is 0 Å². The van der Waals surface area contributed by atoms with Crippen molar-refractivity contribution in [2.45, 2.75) is 136 Å². The lowest BCUT2D eigenvalue weighted by molar-refractivity contribution is -0.298. The van der Waals surface area contributed by atoms with Crippen molar-refractivity contribution in [2.75, 3.05) is 54.5 Å². The minimum absolute atomic E-state index is 0.0537. The number of likely N-dealkylation sites (tertiary alicyclic amines) is 1. The minimum atomic E-state index is -0.799. The van der Waals surface area contributed by atoms with E-state index in [1.807, 2.05) is 39.8 Å². The number of aliphatic hydroxyl groups excluding tert-OH is 1. The van der Waals surface area contributed by atoms with Gasteiger partial charge in [0.15, 0.2) is 6.29 Å². The van der Waals surface area contributed by atoms with Gasteiger partial charge in [0.2, 0.25) is 0 Å². The molecule has 0 saturated carbocycles. The topological polar surface area (TPSA) is 83.9 Å². The van der Waals surface area contributed by atoms with Gasteiger partial charge in [0, 0.05) is 38.3 Å². The number of nitrogens with zero attached hydrogens (tertiary/aromatic N) is 3. The molecule has 3 fully saturated rings. The molecule has 0 aromatic carbocycles. The second-order valence-electron chi connectivity index (χ2n) is 15.6. The normalized spacial score (nSPS) is 41.4. The number of esters is 1. The van der Waals surface area contributed by atoms with Crippen LogP contribution in [0.4, 0.5) is 0 Å². The Hall–Kier alpha value is -0.810. The number of rotatable bonds is 6. The first-order valence-corrected chi connectivity index (χ1v) is 16.8. The van der Waals surface area contributed by atoms with Crippen LogP contribution in [0.1, 0.15) is 87.5 Å². The first kappa shape index (κ1) is 36.7. The molecule has 0 aliphatic carbocycles. The van der Waals surface area contributed by atoms with Gasteiger partial charge in [0.1, 0.15) is 12.7 Å². The highest BCUT2D eigenvalue weighted by molar-refractivity contribution is 5.75. The summed E-state index contributed by atoms with van der Waals surface area (Å²) >= 11 is 0. The zero-order valence-corrected chi connectivity index (χ0v) is 29.5. The van der Waals surface area contributed by atoms with Crippen molar-refractivity contribution in [1.82, 2.24) is 14.7 Å². The highest BCUT2D eigenvalue weighted by atomic mass is 16.7. The molecule has 1 N–H and O–H groups in total. The Morgan fingerprint density at radius 1 is 1.09 bits per heavy atom. The van der Waals surface area contributed by atoms with Crippen LogP contribution in [0.3, 0.4) is 0 Å². The molecule has 0 bridgehead atoms. The summed E-state index contributed by atoms with van der Waals surface area (Å²) in [5.74, 6) is 0.484. The van der Waals surface area contributed by atoms with E-state index in [2.05, 4.69) is 51.5 Å². The van der Waals surface area contributed by atoms with Crippen molar-refractivity contribution < 1.29 is 28.8 Å². The number of hydrogen-bond donors (Lipinski definition) is 1. The number of aliphatic hydroxyl groups is 1. The molecule has 0 aromatic heterocycles. The Morgan fingerprint density at radius 3 is 2.37 bits per heavy atom. The van der Waals surface area contributed by atoms with Gasteiger partial charge in [-0.15, -0.1) is 0 Å². The molecule has 0 unspecified atom stereocenters. The van der Waals surface area contributed by atoms with E-state index in [0.717, 1.165) is 38.9 Å². The number of piperidine rings is 1. The maximum absolute atomic E-state index is 13.7. The van der Waals surface area contributed by atoms with Gasteiger partial charge in [-0.1, -0.05) is 13.8 Å². The van der Waals surface area contributed by atoms with Crippen molar-refractivity contribution in [3.63, 3.8) is 0 Å². The standard InChI is InChI=1S/C34H65N3O6/c1-22(2)37-15-13-14-26(20-37)28-21-41-32(39)33(6,7)18-24(4)30(34(8,40-12)17-23(3)19-36(28)11)43-31-29(38)27(35(9)10)16-25(5)42-31/h22-31,38H,13-21H2,1-12H3/t23-,24+,25-,26-,27+,28-,29-,30-,31+,34-/m1/s1. The lowest BCUT2D eigenvalue weighted by atomic mass is 9.75. The van der Waals surface area contributed by atoms with Gasteiger partial charge in [-0.2, -0.15) is 0 Å². The monoisotopic (exact) mass is 611 g/mol. The fourth-order valence-electron chi connectivity index (χ4n) is 8.18. The molecule has 0 radical (unpaired) electrons. The lowest BCUT2D eigenvalue weighted by Crippen LogP contribution is -2.58. The molecule has 3 heterocycles. The number of cyclic esters (lactones) is 1. The van der Waals surface area contributed by atoms with E-state index in [-0.39, 0.29) is 36.0 Å². The van der Waals surface area contributed by atoms with Crippen LogP contribution in [-0.4, -0.2) is 129 Å². The zero-order chi connectivity index (χ0) is 32.3. The SMILES string of the molecule is CO[C@]1(C)C[C@@H](C)CN(C)[C@@H]([C@@H]2CCCN(C(C)C)C2)COC(=O)C(C)(C)C[C@H](C)[C@H]1O[C@@H]1O[C@H](C)C[C@H](N(C)C)[C@H]1O. The van der Waals surface area contributed by atoms with Crippen LogP contribution in [-0.2, 0) is 23.7 Å². The van der Waals surface area contributed by atoms with Crippen LogP contribution in [0.15, 0.2) is 0 Å². The molecule has 0 spiro atoms. The molecule has 3 rings (SSSR count). The van der Waals surface area contributed by atoms with Gasteiger partial charge >= 0.3 is 5.97 Å². The fraction of sp³-hybridized carbons (Fsp3) is 0.971. The maximum atomic E-state index is 13.7. The number of ether oxygens (including phenoxy) is 4. The van der Waals surface area contributed by atoms with E-state index < -0.39 is 29.5 Å². The van der Waals surface area contributed by atoms with Gasteiger partial charge in [-0.3, -0.25) is 9.69 Å². The van der Waals surface area contributed by atoms with Crippen LogP contribution in [0.25, 0.3) is 0 Å². The predicted molar refractivity (Wildman–Crippen MR) is 171 cm³/mol. The minimum Gasteiger partial charge on any atom is -0.464 e. The summed E-state index contributed by atoms with van der Waals surface area (Å²) < 4.78 is 25.6. The van der Waals surface area contributed by atoms with Crippen LogP contribution in [0.5, 0.6) is 0 Å². The molecule has 252 valence electrons. The van der Waals surface area contributed by atoms with E-state index in [1.54, 1.807) is 7.11 Å². The van der Waals surface area contributed by atoms with Crippen LogP contribution >= 0.6 is 0 Å². The molecular weight excluding hydrogens is 546 g/mol. The molecule has 0 amide bonds. The summed E-state index contributed by atoms with van der Waals surface area (Å²) in [6, 6.07) is 0.583. The van der Waals surface area contributed by atoms with E-state index in [0.29, 0.717) is 25.0 Å². The average Bonchev–Trinajstić information content (AvgIpc) is 2.92. The van der Waals surface area contributed by atoms with Crippen molar-refractivity contribution in [2.24, 2.45) is 23.2 Å². The van der Waals surface area contributed by atoms with E-state index >= 15 is 0 Å². The van der Waals surface area contributed by atoms with Crippen LogP contribution in [0.2, 0.25) is 0 Å². The summed E-state index contributed by atoms with van der Waals surface area (Å²) in [6.45, 7) is 20.5. The third kappa shape index (κ3) is 9.14. The fourth-order valence-corrected chi connectivity index (χ4v) is 8.18. The lowest BCUT2D eigenvalue weighted by Gasteiger charge is -2.47. The first-order chi connectivity index (χ1) is 20.0. The average molecular weight is 612 g/mol. The largest absolute Gasteiger partial charge is 0.464 e. The summed E-state index contributed by atoms with van der Waals surface area (Å²) in [7, 11) is 7.91.